The maximum Gasteiger partial charge on any atom is 0.305 e. The number of hydrogen-bond acceptors (Lipinski definition) is 6. The first-order chi connectivity index (χ1) is 31.2. The molecule has 0 saturated carbocycles. The Morgan fingerprint density at radius 3 is 1.09 bits per heavy atom. The van der Waals surface area contributed by atoms with Crippen molar-refractivity contribution in [2.75, 3.05) is 40.4 Å². The van der Waals surface area contributed by atoms with Crippen LogP contribution in [0, 0.1) is 11.8 Å². The minimum absolute atomic E-state index is 0.00699. The third-order valence-corrected chi connectivity index (χ3v) is 13.7. The van der Waals surface area contributed by atoms with E-state index in [4.69, 9.17) is 9.47 Å². The molecule has 0 N–H and O–H groups in total. The molecule has 7 nitrogen and oxygen atoms in total. The summed E-state index contributed by atoms with van der Waals surface area (Å²) in [5.74, 6) is 1.41. The van der Waals surface area contributed by atoms with Gasteiger partial charge in [0.2, 0.25) is 5.91 Å². The van der Waals surface area contributed by atoms with Gasteiger partial charge in [-0.05, 0) is 96.7 Å². The van der Waals surface area contributed by atoms with Crippen LogP contribution in [-0.4, -0.2) is 74.1 Å². The van der Waals surface area contributed by atoms with Crippen molar-refractivity contribution in [2.45, 2.75) is 297 Å². The maximum absolute atomic E-state index is 13.9. The lowest BCUT2D eigenvalue weighted by Crippen LogP contribution is -2.41. The number of hydrogen-bond donors (Lipinski definition) is 0. The largest absolute Gasteiger partial charge is 0.465 e. The predicted molar refractivity (Wildman–Crippen MR) is 276 cm³/mol. The van der Waals surface area contributed by atoms with Crippen LogP contribution in [0.4, 0.5) is 0 Å². The highest BCUT2D eigenvalue weighted by molar-refractivity contribution is 5.76. The average Bonchev–Trinajstić information content (AvgIpc) is 3.28. The zero-order valence-electron chi connectivity index (χ0n) is 44.3. The van der Waals surface area contributed by atoms with E-state index in [1.165, 1.54) is 154 Å². The van der Waals surface area contributed by atoms with Crippen molar-refractivity contribution in [3.8, 4) is 0 Å². The number of rotatable bonds is 50. The van der Waals surface area contributed by atoms with Gasteiger partial charge in [-0.25, -0.2) is 0 Å². The number of carbonyl (C=O) groups is 3. The van der Waals surface area contributed by atoms with Crippen molar-refractivity contribution in [1.82, 2.24) is 9.80 Å². The minimum Gasteiger partial charge on any atom is -0.465 e. The predicted octanol–water partition coefficient (Wildman–Crippen LogP) is 16.8. The van der Waals surface area contributed by atoms with Crippen molar-refractivity contribution < 1.29 is 23.9 Å². The Bertz CT molecular complexity index is 964. The fourth-order valence-corrected chi connectivity index (χ4v) is 9.33. The number of amides is 1. The van der Waals surface area contributed by atoms with E-state index in [0.29, 0.717) is 56.3 Å². The topological polar surface area (TPSA) is 76.2 Å². The quantitative estimate of drug-likeness (QED) is 0.0447. The second-order valence-electron chi connectivity index (χ2n) is 20.3. The van der Waals surface area contributed by atoms with Gasteiger partial charge in [0.05, 0.1) is 13.2 Å². The van der Waals surface area contributed by atoms with E-state index in [9.17, 15) is 14.4 Å². The molecule has 64 heavy (non-hydrogen) atoms. The Hall–Kier alpha value is -1.63. The van der Waals surface area contributed by atoms with Crippen LogP contribution in [0.3, 0.4) is 0 Å². The Kier molecular flexibility index (Phi) is 46.6. The van der Waals surface area contributed by atoms with Gasteiger partial charge in [0.25, 0.3) is 0 Å². The van der Waals surface area contributed by atoms with E-state index in [2.05, 4.69) is 58.5 Å². The van der Waals surface area contributed by atoms with Crippen molar-refractivity contribution in [1.29, 1.82) is 0 Å². The molecule has 380 valence electrons. The van der Waals surface area contributed by atoms with Gasteiger partial charge in [-0.1, -0.05) is 208 Å². The second kappa shape index (κ2) is 47.8. The van der Waals surface area contributed by atoms with Crippen LogP contribution < -0.4 is 0 Å². The molecule has 2 atom stereocenters. The molecule has 0 aliphatic heterocycles. The molecule has 0 aromatic heterocycles. The number of unbranched alkanes of at least 4 members (excludes halogenated alkanes) is 23. The first-order valence-electron chi connectivity index (χ1n) is 28.5. The van der Waals surface area contributed by atoms with Crippen LogP contribution >= 0.6 is 0 Å². The fourth-order valence-electron chi connectivity index (χ4n) is 9.33. The molecular formula is C57H112N2O5. The molecule has 0 aromatic carbocycles. The lowest BCUT2D eigenvalue weighted by Gasteiger charge is -2.33. The fraction of sp³-hybridized carbons (Fsp3) is 0.947. The van der Waals surface area contributed by atoms with E-state index in [1.54, 1.807) is 0 Å². The molecule has 0 heterocycles. The molecule has 0 aliphatic rings. The molecule has 0 rings (SSSR count). The summed E-state index contributed by atoms with van der Waals surface area (Å²) >= 11 is 0. The third kappa shape index (κ3) is 40.6. The summed E-state index contributed by atoms with van der Waals surface area (Å²) in [6.07, 6.45) is 45.5. The van der Waals surface area contributed by atoms with E-state index in [0.717, 1.165) is 96.6 Å². The molecule has 0 radical (unpaired) electrons. The SMILES string of the molecule is CCCCCCCCC(=O)N(CCCN(C)C)C(CCCCCCCCC(=O)OC[C@H](CCCC)CCCCCC)CCCCCCCCC(=O)OC[C@H](CCCC)CCCCCC. The molecule has 7 heteroatoms. The first kappa shape index (κ1) is 62.4. The summed E-state index contributed by atoms with van der Waals surface area (Å²) < 4.78 is 11.6. The van der Waals surface area contributed by atoms with Gasteiger partial charge in [0, 0.05) is 31.8 Å². The van der Waals surface area contributed by atoms with Crippen LogP contribution in [0.5, 0.6) is 0 Å². The third-order valence-electron chi connectivity index (χ3n) is 13.7. The van der Waals surface area contributed by atoms with Crippen LogP contribution in [0.25, 0.3) is 0 Å². The van der Waals surface area contributed by atoms with Gasteiger partial charge in [0.15, 0.2) is 0 Å². The van der Waals surface area contributed by atoms with Crippen molar-refractivity contribution in [2.24, 2.45) is 11.8 Å². The van der Waals surface area contributed by atoms with Crippen LogP contribution in [0.1, 0.15) is 291 Å². The Labute approximate surface area is 399 Å². The van der Waals surface area contributed by atoms with E-state index in [1.807, 2.05) is 0 Å². The van der Waals surface area contributed by atoms with Gasteiger partial charge >= 0.3 is 11.9 Å². The summed E-state index contributed by atoms with van der Waals surface area (Å²) in [4.78, 5) is 43.6. The van der Waals surface area contributed by atoms with E-state index in [-0.39, 0.29) is 11.9 Å². The lowest BCUT2D eigenvalue weighted by molar-refractivity contribution is -0.146. The lowest BCUT2D eigenvalue weighted by atomic mass is 9.96. The summed E-state index contributed by atoms with van der Waals surface area (Å²) in [6, 6.07) is 0.319. The first-order valence-corrected chi connectivity index (χ1v) is 28.5. The average molecular weight is 906 g/mol. The Balaban J connectivity index is 4.96. The standard InChI is InChI=1S/C57H112N2O5/c1-8-13-18-21-28-35-45-55(60)59(49-38-48-58(6)7)54(43-33-26-22-24-29-36-46-56(61)63-50-52(39-16-11-4)41-31-19-14-9-2)44-34-27-23-25-30-37-47-57(62)64-51-53(40-17-12-5)42-32-20-15-10-3/h52-54H,8-51H2,1-7H3/t52-,53-/m1/s1. The van der Waals surface area contributed by atoms with Crippen molar-refractivity contribution in [3.05, 3.63) is 0 Å². The highest BCUT2D eigenvalue weighted by Gasteiger charge is 2.23. The molecule has 0 aromatic rings. The summed E-state index contributed by atoms with van der Waals surface area (Å²) in [7, 11) is 4.26. The van der Waals surface area contributed by atoms with Crippen LogP contribution in [0.2, 0.25) is 0 Å². The van der Waals surface area contributed by atoms with E-state index >= 15 is 0 Å². The van der Waals surface area contributed by atoms with Gasteiger partial charge in [-0.2, -0.15) is 0 Å². The molecular weight excluding hydrogens is 793 g/mol. The van der Waals surface area contributed by atoms with Gasteiger partial charge in [-0.3, -0.25) is 14.4 Å². The maximum atomic E-state index is 13.9. The zero-order valence-corrected chi connectivity index (χ0v) is 44.3. The van der Waals surface area contributed by atoms with Gasteiger partial charge < -0.3 is 19.3 Å². The van der Waals surface area contributed by atoms with Crippen LogP contribution in [0.15, 0.2) is 0 Å². The summed E-state index contributed by atoms with van der Waals surface area (Å²) in [6.45, 7) is 14.3. The monoisotopic (exact) mass is 905 g/mol. The molecule has 0 saturated heterocycles. The summed E-state index contributed by atoms with van der Waals surface area (Å²) in [5, 5.41) is 0. The highest BCUT2D eigenvalue weighted by Crippen LogP contribution is 2.23. The number of esters is 2. The van der Waals surface area contributed by atoms with Gasteiger partial charge in [-0.15, -0.1) is 0 Å². The van der Waals surface area contributed by atoms with Crippen molar-refractivity contribution >= 4 is 17.8 Å². The zero-order chi connectivity index (χ0) is 47.1. The summed E-state index contributed by atoms with van der Waals surface area (Å²) in [5.41, 5.74) is 0. The molecule has 0 aliphatic carbocycles. The molecule has 0 bridgehead atoms. The molecule has 0 unspecified atom stereocenters. The minimum atomic E-state index is -0.00699. The second-order valence-corrected chi connectivity index (χ2v) is 20.3. The van der Waals surface area contributed by atoms with Crippen LogP contribution in [-0.2, 0) is 23.9 Å². The number of nitrogens with zero attached hydrogens (tertiary/aromatic N) is 2. The number of carbonyl (C=O) groups excluding carboxylic acids is 3. The van der Waals surface area contributed by atoms with Gasteiger partial charge in [0.1, 0.15) is 0 Å². The molecule has 0 spiro atoms. The normalized spacial score (nSPS) is 12.6. The highest BCUT2D eigenvalue weighted by atomic mass is 16.5. The smallest absolute Gasteiger partial charge is 0.305 e. The Morgan fingerprint density at radius 1 is 0.359 bits per heavy atom. The Morgan fingerprint density at radius 2 is 0.688 bits per heavy atom. The number of ether oxygens (including phenoxy) is 2. The molecule has 0 fully saturated rings. The van der Waals surface area contributed by atoms with Crippen molar-refractivity contribution in [3.63, 3.8) is 0 Å². The van der Waals surface area contributed by atoms with E-state index < -0.39 is 0 Å². The molecule has 1 amide bonds.